The van der Waals surface area contributed by atoms with E-state index in [2.05, 4.69) is 10.2 Å². The first-order valence-electron chi connectivity index (χ1n) is 6.97. The van der Waals surface area contributed by atoms with Gasteiger partial charge in [-0.2, -0.15) is 5.10 Å². The summed E-state index contributed by atoms with van der Waals surface area (Å²) in [4.78, 5) is 0. The fourth-order valence-electron chi connectivity index (χ4n) is 2.29. The van der Waals surface area contributed by atoms with Crippen LogP contribution in [0.3, 0.4) is 0 Å². The van der Waals surface area contributed by atoms with Gasteiger partial charge in [0.15, 0.2) is 0 Å². The van der Waals surface area contributed by atoms with E-state index in [1.807, 2.05) is 55.5 Å². The van der Waals surface area contributed by atoms with Crippen LogP contribution in [0.5, 0.6) is 11.6 Å². The molecule has 0 spiro atoms. The van der Waals surface area contributed by atoms with E-state index in [-0.39, 0.29) is 0 Å². The third-order valence-electron chi connectivity index (χ3n) is 3.41. The molecule has 0 saturated carbocycles. The SMILES string of the molecule is Cc1nnc(Oc2ccc(CCN)cc2)c2ccccc12. The second-order valence-corrected chi connectivity index (χ2v) is 4.92. The zero-order valence-electron chi connectivity index (χ0n) is 11.9. The summed E-state index contributed by atoms with van der Waals surface area (Å²) < 4.78 is 5.87. The number of rotatable bonds is 4. The zero-order chi connectivity index (χ0) is 14.7. The third-order valence-corrected chi connectivity index (χ3v) is 3.41. The lowest BCUT2D eigenvalue weighted by Crippen LogP contribution is -2.02. The van der Waals surface area contributed by atoms with Gasteiger partial charge in [-0.3, -0.25) is 0 Å². The smallest absolute Gasteiger partial charge is 0.246 e. The number of aryl methyl sites for hydroxylation is 1. The molecular weight excluding hydrogens is 262 g/mol. The first-order chi connectivity index (χ1) is 10.3. The number of aromatic nitrogens is 2. The van der Waals surface area contributed by atoms with E-state index >= 15 is 0 Å². The number of benzene rings is 2. The van der Waals surface area contributed by atoms with E-state index in [0.717, 1.165) is 28.6 Å². The number of nitrogens with two attached hydrogens (primary N) is 1. The molecule has 0 fully saturated rings. The van der Waals surface area contributed by atoms with Gasteiger partial charge in [0.25, 0.3) is 0 Å². The molecule has 0 bridgehead atoms. The number of ether oxygens (including phenoxy) is 1. The highest BCUT2D eigenvalue weighted by Gasteiger charge is 2.08. The van der Waals surface area contributed by atoms with Crippen LogP contribution in [0.25, 0.3) is 10.8 Å². The molecule has 0 aliphatic heterocycles. The normalized spacial score (nSPS) is 10.8. The van der Waals surface area contributed by atoms with Crippen LogP contribution in [0.1, 0.15) is 11.3 Å². The first kappa shape index (κ1) is 13.5. The highest BCUT2D eigenvalue weighted by atomic mass is 16.5. The Labute approximate surface area is 123 Å². The minimum atomic E-state index is 0.530. The fraction of sp³-hybridized carbons (Fsp3) is 0.176. The molecule has 0 radical (unpaired) electrons. The topological polar surface area (TPSA) is 61.0 Å². The molecule has 4 nitrogen and oxygen atoms in total. The molecule has 4 heteroatoms. The van der Waals surface area contributed by atoms with Crippen molar-refractivity contribution in [1.29, 1.82) is 0 Å². The lowest BCUT2D eigenvalue weighted by atomic mass is 10.1. The molecule has 0 atom stereocenters. The molecule has 0 aliphatic carbocycles. The van der Waals surface area contributed by atoms with Gasteiger partial charge in [-0.1, -0.05) is 30.3 Å². The van der Waals surface area contributed by atoms with E-state index in [1.54, 1.807) is 0 Å². The summed E-state index contributed by atoms with van der Waals surface area (Å²) in [5.74, 6) is 1.28. The minimum absolute atomic E-state index is 0.530. The van der Waals surface area contributed by atoms with Gasteiger partial charge in [0.05, 0.1) is 5.69 Å². The molecule has 0 amide bonds. The van der Waals surface area contributed by atoms with Crippen molar-refractivity contribution in [2.75, 3.05) is 6.54 Å². The van der Waals surface area contributed by atoms with Crippen LogP contribution in [0, 0.1) is 6.92 Å². The van der Waals surface area contributed by atoms with Crippen molar-refractivity contribution in [2.24, 2.45) is 5.73 Å². The Balaban J connectivity index is 1.93. The van der Waals surface area contributed by atoms with Crippen molar-refractivity contribution >= 4 is 10.8 Å². The Morgan fingerprint density at radius 1 is 0.952 bits per heavy atom. The quantitative estimate of drug-likeness (QED) is 0.796. The Bertz CT molecular complexity index is 754. The van der Waals surface area contributed by atoms with Gasteiger partial charge in [0.2, 0.25) is 5.88 Å². The molecule has 21 heavy (non-hydrogen) atoms. The summed E-state index contributed by atoms with van der Waals surface area (Å²) in [5.41, 5.74) is 7.65. The summed E-state index contributed by atoms with van der Waals surface area (Å²) in [6, 6.07) is 15.9. The second-order valence-electron chi connectivity index (χ2n) is 4.92. The maximum Gasteiger partial charge on any atom is 0.246 e. The fourth-order valence-corrected chi connectivity index (χ4v) is 2.29. The monoisotopic (exact) mass is 279 g/mol. The molecule has 0 saturated heterocycles. The van der Waals surface area contributed by atoms with Crippen molar-refractivity contribution in [3.05, 3.63) is 59.8 Å². The number of fused-ring (bicyclic) bond motifs is 1. The maximum absolute atomic E-state index is 5.87. The van der Waals surface area contributed by atoms with Gasteiger partial charge in [0, 0.05) is 10.8 Å². The van der Waals surface area contributed by atoms with Gasteiger partial charge in [-0.05, 0) is 43.7 Å². The predicted molar refractivity (Wildman–Crippen MR) is 83.5 cm³/mol. The number of nitrogens with zero attached hydrogens (tertiary/aromatic N) is 2. The lowest BCUT2D eigenvalue weighted by Gasteiger charge is -2.09. The maximum atomic E-state index is 5.87. The van der Waals surface area contributed by atoms with Gasteiger partial charge < -0.3 is 10.5 Å². The largest absolute Gasteiger partial charge is 0.437 e. The summed E-state index contributed by atoms with van der Waals surface area (Å²) in [6.45, 7) is 2.59. The Hall–Kier alpha value is -2.46. The van der Waals surface area contributed by atoms with Crippen LogP contribution in [0.4, 0.5) is 0 Å². The van der Waals surface area contributed by atoms with Crippen LogP contribution < -0.4 is 10.5 Å². The van der Waals surface area contributed by atoms with Crippen LogP contribution in [0.2, 0.25) is 0 Å². The van der Waals surface area contributed by atoms with Crippen LogP contribution in [0.15, 0.2) is 48.5 Å². The number of hydrogen-bond donors (Lipinski definition) is 1. The molecule has 1 heterocycles. The van der Waals surface area contributed by atoms with Gasteiger partial charge >= 0.3 is 0 Å². The third kappa shape index (κ3) is 2.85. The standard InChI is InChI=1S/C17H17N3O/c1-12-15-4-2-3-5-16(15)17(20-19-12)21-14-8-6-13(7-9-14)10-11-18/h2-9H,10-11,18H2,1H3. The van der Waals surface area contributed by atoms with Crippen molar-refractivity contribution in [1.82, 2.24) is 10.2 Å². The van der Waals surface area contributed by atoms with Crippen molar-refractivity contribution < 1.29 is 4.74 Å². The van der Waals surface area contributed by atoms with E-state index in [0.29, 0.717) is 12.4 Å². The molecule has 0 aliphatic rings. The molecular formula is C17H17N3O. The molecule has 2 aromatic carbocycles. The van der Waals surface area contributed by atoms with Crippen molar-refractivity contribution in [2.45, 2.75) is 13.3 Å². The van der Waals surface area contributed by atoms with E-state index in [4.69, 9.17) is 10.5 Å². The average molecular weight is 279 g/mol. The van der Waals surface area contributed by atoms with Crippen LogP contribution in [-0.2, 0) is 6.42 Å². The Morgan fingerprint density at radius 3 is 2.38 bits per heavy atom. The molecule has 1 aromatic heterocycles. The predicted octanol–water partition coefficient (Wildman–Crippen LogP) is 3.23. The number of hydrogen-bond acceptors (Lipinski definition) is 4. The van der Waals surface area contributed by atoms with E-state index in [9.17, 15) is 0 Å². The summed E-state index contributed by atoms with van der Waals surface area (Å²) in [7, 11) is 0. The minimum Gasteiger partial charge on any atom is -0.437 e. The molecule has 3 aromatic rings. The lowest BCUT2D eigenvalue weighted by molar-refractivity contribution is 0.461. The summed E-state index contributed by atoms with van der Waals surface area (Å²) >= 11 is 0. The first-order valence-corrected chi connectivity index (χ1v) is 6.97. The summed E-state index contributed by atoms with van der Waals surface area (Å²) in [5, 5.41) is 10.4. The summed E-state index contributed by atoms with van der Waals surface area (Å²) in [6.07, 6.45) is 0.869. The van der Waals surface area contributed by atoms with Crippen LogP contribution >= 0.6 is 0 Å². The zero-order valence-corrected chi connectivity index (χ0v) is 11.9. The second kappa shape index (κ2) is 5.89. The molecule has 0 unspecified atom stereocenters. The van der Waals surface area contributed by atoms with Gasteiger partial charge in [0.1, 0.15) is 5.75 Å². The molecule has 2 N–H and O–H groups in total. The van der Waals surface area contributed by atoms with Crippen LogP contribution in [-0.4, -0.2) is 16.7 Å². The van der Waals surface area contributed by atoms with Crippen molar-refractivity contribution in [3.63, 3.8) is 0 Å². The van der Waals surface area contributed by atoms with Gasteiger partial charge in [-0.25, -0.2) is 0 Å². The molecule has 106 valence electrons. The highest BCUT2D eigenvalue weighted by Crippen LogP contribution is 2.28. The molecule has 3 rings (SSSR count). The van der Waals surface area contributed by atoms with E-state index in [1.165, 1.54) is 5.56 Å². The van der Waals surface area contributed by atoms with E-state index < -0.39 is 0 Å². The van der Waals surface area contributed by atoms with Gasteiger partial charge in [-0.15, -0.1) is 5.10 Å². The highest BCUT2D eigenvalue weighted by molar-refractivity contribution is 5.88. The Morgan fingerprint density at radius 2 is 1.67 bits per heavy atom. The Kier molecular flexibility index (Phi) is 3.79. The van der Waals surface area contributed by atoms with Crippen molar-refractivity contribution in [3.8, 4) is 11.6 Å². The average Bonchev–Trinajstić information content (AvgIpc) is 2.52.